The van der Waals surface area contributed by atoms with E-state index in [0.717, 1.165) is 6.42 Å². The number of amides is 1. The molecule has 0 aliphatic heterocycles. The van der Waals surface area contributed by atoms with Crippen LogP contribution in [0.4, 0.5) is 11.5 Å². The average molecular weight is 286 g/mol. The van der Waals surface area contributed by atoms with Crippen molar-refractivity contribution in [1.82, 2.24) is 10.2 Å². The zero-order valence-corrected chi connectivity index (χ0v) is 11.8. The molecule has 1 heterocycles. The Bertz CT molecular complexity index is 568. The van der Waals surface area contributed by atoms with Gasteiger partial charge in [0.05, 0.1) is 12.6 Å². The van der Waals surface area contributed by atoms with E-state index < -0.39 is 0 Å². The molecule has 0 aliphatic carbocycles. The number of aliphatic hydroxyl groups excluding tert-OH is 1. The lowest BCUT2D eigenvalue weighted by Gasteiger charge is -2.13. The summed E-state index contributed by atoms with van der Waals surface area (Å²) >= 11 is 0. The van der Waals surface area contributed by atoms with Crippen LogP contribution in [-0.4, -0.2) is 33.9 Å². The van der Waals surface area contributed by atoms with E-state index in [1.807, 2.05) is 25.1 Å². The van der Waals surface area contributed by atoms with E-state index in [2.05, 4.69) is 20.8 Å². The van der Waals surface area contributed by atoms with Gasteiger partial charge in [0, 0.05) is 5.69 Å². The van der Waals surface area contributed by atoms with Crippen LogP contribution in [0.5, 0.6) is 0 Å². The van der Waals surface area contributed by atoms with Gasteiger partial charge >= 0.3 is 0 Å². The predicted molar refractivity (Wildman–Crippen MR) is 81.2 cm³/mol. The molecule has 0 spiro atoms. The van der Waals surface area contributed by atoms with Crippen LogP contribution >= 0.6 is 0 Å². The fourth-order valence-electron chi connectivity index (χ4n) is 1.73. The fraction of sp³-hybridized carbons (Fsp3) is 0.267. The minimum Gasteiger partial charge on any atom is -0.394 e. The van der Waals surface area contributed by atoms with E-state index in [1.165, 1.54) is 0 Å². The van der Waals surface area contributed by atoms with Gasteiger partial charge in [0.1, 0.15) is 5.82 Å². The van der Waals surface area contributed by atoms with Crippen LogP contribution in [-0.2, 0) is 0 Å². The fourth-order valence-corrected chi connectivity index (χ4v) is 1.73. The molecule has 0 radical (unpaired) electrons. The lowest BCUT2D eigenvalue weighted by atomic mass is 10.2. The third kappa shape index (κ3) is 4.25. The summed E-state index contributed by atoms with van der Waals surface area (Å²) in [4.78, 5) is 12.0. The summed E-state index contributed by atoms with van der Waals surface area (Å²) in [6.07, 6.45) is 0.772. The summed E-state index contributed by atoms with van der Waals surface area (Å²) in [6, 6.07) is 12.4. The number of hydrogen-bond acceptors (Lipinski definition) is 5. The molecule has 21 heavy (non-hydrogen) atoms. The predicted octanol–water partition coefficient (Wildman–Crippen LogP) is 1.91. The first-order valence-electron chi connectivity index (χ1n) is 6.80. The Balaban J connectivity index is 2.00. The van der Waals surface area contributed by atoms with E-state index in [-0.39, 0.29) is 24.2 Å². The molecule has 1 aromatic carbocycles. The number of anilines is 2. The molecule has 1 amide bonds. The molecule has 1 aromatic heterocycles. The molecular weight excluding hydrogens is 268 g/mol. The highest BCUT2D eigenvalue weighted by atomic mass is 16.3. The molecule has 2 aromatic rings. The maximum Gasteiger partial charge on any atom is 0.276 e. The molecule has 0 bridgehead atoms. The van der Waals surface area contributed by atoms with Crippen LogP contribution in [0.1, 0.15) is 23.8 Å². The molecule has 110 valence electrons. The number of para-hydroxylation sites is 1. The highest BCUT2D eigenvalue weighted by Gasteiger charge is 2.10. The Morgan fingerprint density at radius 3 is 2.52 bits per heavy atom. The van der Waals surface area contributed by atoms with Crippen molar-refractivity contribution in [3.8, 4) is 0 Å². The first kappa shape index (κ1) is 14.9. The molecular formula is C15H18N4O2. The van der Waals surface area contributed by atoms with Gasteiger partial charge in [0.2, 0.25) is 0 Å². The molecule has 2 rings (SSSR count). The molecule has 6 nitrogen and oxygen atoms in total. The molecule has 3 N–H and O–H groups in total. The van der Waals surface area contributed by atoms with Crippen LogP contribution in [0.15, 0.2) is 42.5 Å². The quantitative estimate of drug-likeness (QED) is 0.755. The van der Waals surface area contributed by atoms with Gasteiger partial charge in [-0.1, -0.05) is 25.1 Å². The first-order valence-corrected chi connectivity index (χ1v) is 6.80. The van der Waals surface area contributed by atoms with Gasteiger partial charge in [-0.2, -0.15) is 0 Å². The number of aromatic nitrogens is 2. The maximum absolute atomic E-state index is 12.0. The number of benzene rings is 1. The first-order chi connectivity index (χ1) is 10.2. The number of carbonyl (C=O) groups excluding carboxylic acids is 1. The van der Waals surface area contributed by atoms with Crippen molar-refractivity contribution in [1.29, 1.82) is 0 Å². The van der Waals surface area contributed by atoms with E-state index in [4.69, 9.17) is 5.11 Å². The van der Waals surface area contributed by atoms with Gasteiger partial charge in [0.15, 0.2) is 5.69 Å². The Morgan fingerprint density at radius 2 is 1.95 bits per heavy atom. The van der Waals surface area contributed by atoms with Gasteiger partial charge in [0.25, 0.3) is 5.91 Å². The van der Waals surface area contributed by atoms with Crippen molar-refractivity contribution in [3.63, 3.8) is 0 Å². The molecule has 0 saturated carbocycles. The number of nitrogens with zero attached hydrogens (tertiary/aromatic N) is 2. The van der Waals surface area contributed by atoms with E-state index in [1.54, 1.807) is 24.3 Å². The monoisotopic (exact) mass is 286 g/mol. The van der Waals surface area contributed by atoms with Crippen molar-refractivity contribution in [2.24, 2.45) is 0 Å². The van der Waals surface area contributed by atoms with Gasteiger partial charge in [-0.05, 0) is 30.7 Å². The molecule has 0 fully saturated rings. The summed E-state index contributed by atoms with van der Waals surface area (Å²) in [5.74, 6) is 0.224. The van der Waals surface area contributed by atoms with Gasteiger partial charge < -0.3 is 15.7 Å². The van der Waals surface area contributed by atoms with Gasteiger partial charge in [-0.15, -0.1) is 10.2 Å². The molecule has 0 aliphatic rings. The maximum atomic E-state index is 12.0. The van der Waals surface area contributed by atoms with Crippen LogP contribution in [0, 0.1) is 0 Å². The van der Waals surface area contributed by atoms with Crippen molar-refractivity contribution in [2.75, 3.05) is 17.2 Å². The average Bonchev–Trinajstić information content (AvgIpc) is 2.54. The normalized spacial score (nSPS) is 11.7. The largest absolute Gasteiger partial charge is 0.394 e. The van der Waals surface area contributed by atoms with Crippen LogP contribution in [0.25, 0.3) is 0 Å². The molecule has 1 atom stereocenters. The second-order valence-electron chi connectivity index (χ2n) is 4.56. The standard InChI is InChI=1S/C15H18N4O2/c1-2-11(10-20)16-14-9-8-13(18-19-14)15(21)17-12-6-4-3-5-7-12/h3-9,11,20H,2,10H2,1H3,(H,16,19)(H,17,21). The topological polar surface area (TPSA) is 87.1 Å². The van der Waals surface area contributed by atoms with Crippen molar-refractivity contribution in [2.45, 2.75) is 19.4 Å². The number of hydrogen-bond donors (Lipinski definition) is 3. The zero-order valence-electron chi connectivity index (χ0n) is 11.8. The summed E-state index contributed by atoms with van der Waals surface area (Å²) in [5, 5.41) is 22.7. The smallest absolute Gasteiger partial charge is 0.276 e. The minimum absolute atomic E-state index is 0.0222. The van der Waals surface area contributed by atoms with Gasteiger partial charge in [-0.3, -0.25) is 4.79 Å². The van der Waals surface area contributed by atoms with E-state index in [9.17, 15) is 4.79 Å². The Morgan fingerprint density at radius 1 is 1.19 bits per heavy atom. The van der Waals surface area contributed by atoms with Crippen LogP contribution in [0.2, 0.25) is 0 Å². The Labute approximate surface area is 123 Å². The summed E-state index contributed by atoms with van der Waals surface area (Å²) in [5.41, 5.74) is 0.944. The lowest BCUT2D eigenvalue weighted by molar-refractivity contribution is 0.102. The summed E-state index contributed by atoms with van der Waals surface area (Å²) in [7, 11) is 0. The number of nitrogens with one attached hydrogen (secondary N) is 2. The second-order valence-corrected chi connectivity index (χ2v) is 4.56. The second kappa shape index (κ2) is 7.35. The van der Waals surface area contributed by atoms with E-state index >= 15 is 0 Å². The third-order valence-electron chi connectivity index (χ3n) is 2.99. The molecule has 0 saturated heterocycles. The lowest BCUT2D eigenvalue weighted by Crippen LogP contribution is -2.23. The Kier molecular flexibility index (Phi) is 5.22. The zero-order chi connectivity index (χ0) is 15.1. The third-order valence-corrected chi connectivity index (χ3v) is 2.99. The summed E-state index contributed by atoms with van der Waals surface area (Å²) in [6.45, 7) is 1.98. The van der Waals surface area contributed by atoms with Gasteiger partial charge in [-0.25, -0.2) is 0 Å². The highest BCUT2D eigenvalue weighted by Crippen LogP contribution is 2.09. The van der Waals surface area contributed by atoms with Crippen molar-refractivity contribution >= 4 is 17.4 Å². The van der Waals surface area contributed by atoms with Crippen molar-refractivity contribution in [3.05, 3.63) is 48.2 Å². The SMILES string of the molecule is CCC(CO)Nc1ccc(C(=O)Nc2ccccc2)nn1. The number of aliphatic hydroxyl groups is 1. The van der Waals surface area contributed by atoms with Crippen LogP contribution < -0.4 is 10.6 Å². The van der Waals surface area contributed by atoms with Crippen LogP contribution in [0.3, 0.4) is 0 Å². The molecule has 1 unspecified atom stereocenters. The summed E-state index contributed by atoms with van der Waals surface area (Å²) < 4.78 is 0. The van der Waals surface area contributed by atoms with Crippen molar-refractivity contribution < 1.29 is 9.90 Å². The highest BCUT2D eigenvalue weighted by molar-refractivity contribution is 6.02. The number of carbonyl (C=O) groups is 1. The molecule has 6 heteroatoms. The minimum atomic E-state index is -0.311. The Hall–Kier alpha value is -2.47. The van der Waals surface area contributed by atoms with E-state index in [0.29, 0.717) is 11.5 Å². The number of rotatable bonds is 6.